The second-order valence-electron chi connectivity index (χ2n) is 6.49. The SMILES string of the molecule is [CH3][Sn]([CH3])([CH3])[C]1=CCNC(O)c2sc(N3CCOCC3)nc21. The monoisotopic (exact) mass is 417 g/mol. The van der Waals surface area contributed by atoms with Crippen molar-refractivity contribution in [2.24, 2.45) is 0 Å². The van der Waals surface area contributed by atoms with E-state index in [-0.39, 0.29) is 0 Å². The zero-order valence-corrected chi connectivity index (χ0v) is 16.5. The third kappa shape index (κ3) is 3.29. The number of ether oxygens (including phenoxy) is 1. The van der Waals surface area contributed by atoms with Crippen molar-refractivity contribution in [1.29, 1.82) is 0 Å². The number of thiazole rings is 1. The molecule has 2 aliphatic heterocycles. The Morgan fingerprint density at radius 3 is 2.76 bits per heavy atom. The van der Waals surface area contributed by atoms with Gasteiger partial charge in [-0.15, -0.1) is 0 Å². The minimum atomic E-state index is -2.27. The van der Waals surface area contributed by atoms with E-state index in [2.05, 4.69) is 31.1 Å². The van der Waals surface area contributed by atoms with Crippen LogP contribution in [-0.2, 0) is 4.74 Å². The Balaban J connectivity index is 2.00. The predicted octanol–water partition coefficient (Wildman–Crippen LogP) is 1.83. The maximum absolute atomic E-state index is 10.3. The first-order valence-corrected chi connectivity index (χ1v) is 18.2. The molecule has 1 saturated heterocycles. The van der Waals surface area contributed by atoms with Gasteiger partial charge < -0.3 is 0 Å². The van der Waals surface area contributed by atoms with Crippen LogP contribution in [0, 0.1) is 0 Å². The zero-order valence-electron chi connectivity index (χ0n) is 12.8. The normalized spacial score (nSPS) is 23.5. The zero-order chi connectivity index (χ0) is 15.0. The van der Waals surface area contributed by atoms with Gasteiger partial charge in [-0.1, -0.05) is 0 Å². The molecule has 21 heavy (non-hydrogen) atoms. The standard InChI is InChI=1S/C11H14N3O2S.3CH3.Sn/c15-10-9-8(2-1-3-12-10)13-11(17-9)14-4-6-16-7-5-14;;;;/h1,10,12,15H,3-7H2;3*1H3;. The summed E-state index contributed by atoms with van der Waals surface area (Å²) in [6.07, 6.45) is 1.64. The van der Waals surface area contributed by atoms with Crippen LogP contribution in [0.2, 0.25) is 14.8 Å². The molecule has 1 unspecified atom stereocenters. The molecule has 3 heterocycles. The summed E-state index contributed by atoms with van der Waals surface area (Å²) >= 11 is -0.643. The Morgan fingerprint density at radius 2 is 2.10 bits per heavy atom. The van der Waals surface area contributed by atoms with Gasteiger partial charge in [0.25, 0.3) is 0 Å². The van der Waals surface area contributed by atoms with Gasteiger partial charge in [0.05, 0.1) is 0 Å². The fourth-order valence-electron chi connectivity index (χ4n) is 2.71. The summed E-state index contributed by atoms with van der Waals surface area (Å²) < 4.78 is 6.83. The van der Waals surface area contributed by atoms with Gasteiger partial charge in [0, 0.05) is 0 Å². The number of rotatable bonds is 2. The molecule has 1 aromatic heterocycles. The quantitative estimate of drug-likeness (QED) is 0.721. The van der Waals surface area contributed by atoms with Crippen molar-refractivity contribution in [3.8, 4) is 0 Å². The Hall–Kier alpha value is -0.151. The number of hydrogen-bond donors (Lipinski definition) is 2. The van der Waals surface area contributed by atoms with E-state index in [0.717, 1.165) is 48.6 Å². The second kappa shape index (κ2) is 6.15. The number of nitrogens with zero attached hydrogens (tertiary/aromatic N) is 2. The van der Waals surface area contributed by atoms with Gasteiger partial charge in [-0.3, -0.25) is 0 Å². The van der Waals surface area contributed by atoms with Crippen LogP contribution in [0.1, 0.15) is 16.8 Å². The van der Waals surface area contributed by atoms with Crippen molar-refractivity contribution < 1.29 is 9.84 Å². The Labute approximate surface area is 133 Å². The van der Waals surface area contributed by atoms with Crippen LogP contribution in [0.5, 0.6) is 0 Å². The molecule has 0 radical (unpaired) electrons. The van der Waals surface area contributed by atoms with Gasteiger partial charge >= 0.3 is 134 Å². The number of aliphatic hydroxyl groups is 1. The molecule has 0 aromatic carbocycles. The molecule has 0 amide bonds. The number of morpholine rings is 1. The Bertz CT molecular complexity index is 547. The van der Waals surface area contributed by atoms with Crippen LogP contribution in [-0.4, -0.2) is 61.3 Å². The molecule has 0 spiro atoms. The molecule has 1 atom stereocenters. The average molecular weight is 416 g/mol. The second-order valence-corrected chi connectivity index (χ2v) is 21.9. The fraction of sp³-hybridized carbons (Fsp3) is 0.643. The Kier molecular flexibility index (Phi) is 4.61. The first kappa shape index (κ1) is 15.7. The summed E-state index contributed by atoms with van der Waals surface area (Å²) in [5.41, 5.74) is 1.04. The molecule has 0 bridgehead atoms. The molecule has 7 heteroatoms. The predicted molar refractivity (Wildman–Crippen MR) is 89.4 cm³/mol. The molecule has 0 aliphatic carbocycles. The maximum atomic E-state index is 10.3. The molecular weight excluding hydrogens is 393 g/mol. The molecule has 116 valence electrons. The molecule has 5 nitrogen and oxygen atoms in total. The molecule has 3 rings (SSSR count). The van der Waals surface area contributed by atoms with Crippen molar-refractivity contribution >= 4 is 38.4 Å². The van der Waals surface area contributed by atoms with Crippen molar-refractivity contribution in [1.82, 2.24) is 10.3 Å². The molecule has 1 aromatic rings. The first-order chi connectivity index (χ1) is 9.97. The van der Waals surface area contributed by atoms with E-state index >= 15 is 0 Å². The molecular formula is C14H23N3O2SSn. The molecule has 1 fully saturated rings. The first-order valence-electron chi connectivity index (χ1n) is 7.42. The van der Waals surface area contributed by atoms with Gasteiger partial charge in [0.2, 0.25) is 0 Å². The van der Waals surface area contributed by atoms with Crippen LogP contribution in [0.4, 0.5) is 5.13 Å². The summed E-state index contributed by atoms with van der Waals surface area (Å²) in [5, 5.41) is 14.5. The van der Waals surface area contributed by atoms with Crippen molar-refractivity contribution in [3.63, 3.8) is 0 Å². The number of aliphatic hydroxyl groups excluding tert-OH is 1. The fourth-order valence-corrected chi connectivity index (χ4v) is 8.67. The average Bonchev–Trinajstić information content (AvgIpc) is 2.81. The van der Waals surface area contributed by atoms with Gasteiger partial charge in [-0.25, -0.2) is 0 Å². The van der Waals surface area contributed by atoms with E-state index in [1.165, 1.54) is 3.59 Å². The topological polar surface area (TPSA) is 57.6 Å². The van der Waals surface area contributed by atoms with E-state index in [4.69, 9.17) is 9.72 Å². The van der Waals surface area contributed by atoms with E-state index in [1.54, 1.807) is 11.3 Å². The molecule has 2 N–H and O–H groups in total. The summed E-state index contributed by atoms with van der Waals surface area (Å²) in [4.78, 5) is 15.3. The van der Waals surface area contributed by atoms with Crippen LogP contribution >= 0.6 is 11.3 Å². The van der Waals surface area contributed by atoms with Gasteiger partial charge in [-0.2, -0.15) is 0 Å². The summed E-state index contributed by atoms with van der Waals surface area (Å²) in [5.74, 6) is 0. The minimum absolute atomic E-state index is 0.602. The van der Waals surface area contributed by atoms with Crippen LogP contribution in [0.25, 0.3) is 3.59 Å². The summed E-state index contributed by atoms with van der Waals surface area (Å²) in [7, 11) is 0. The summed E-state index contributed by atoms with van der Waals surface area (Å²) in [6.45, 7) is 4.00. The van der Waals surface area contributed by atoms with Gasteiger partial charge in [0.15, 0.2) is 0 Å². The van der Waals surface area contributed by atoms with Crippen molar-refractivity contribution in [2.45, 2.75) is 21.0 Å². The third-order valence-corrected chi connectivity index (χ3v) is 10.9. The number of nitrogens with one attached hydrogen (secondary N) is 1. The van der Waals surface area contributed by atoms with Gasteiger partial charge in [0.1, 0.15) is 0 Å². The van der Waals surface area contributed by atoms with Crippen LogP contribution < -0.4 is 10.2 Å². The van der Waals surface area contributed by atoms with Gasteiger partial charge in [-0.05, 0) is 0 Å². The van der Waals surface area contributed by atoms with E-state index in [1.807, 2.05) is 0 Å². The molecule has 0 saturated carbocycles. The number of anilines is 1. The van der Waals surface area contributed by atoms with E-state index < -0.39 is 24.6 Å². The van der Waals surface area contributed by atoms with Crippen molar-refractivity contribution in [3.05, 3.63) is 16.6 Å². The van der Waals surface area contributed by atoms with Crippen molar-refractivity contribution in [2.75, 3.05) is 37.7 Å². The number of hydrogen-bond acceptors (Lipinski definition) is 6. The number of aromatic nitrogens is 1. The Morgan fingerprint density at radius 1 is 1.38 bits per heavy atom. The van der Waals surface area contributed by atoms with E-state index in [9.17, 15) is 5.11 Å². The third-order valence-electron chi connectivity index (χ3n) is 3.85. The van der Waals surface area contributed by atoms with Crippen LogP contribution in [0.3, 0.4) is 0 Å². The molecule has 2 aliphatic rings. The summed E-state index contributed by atoms with van der Waals surface area (Å²) in [6, 6.07) is 0. The van der Waals surface area contributed by atoms with Crippen LogP contribution in [0.15, 0.2) is 6.08 Å². The van der Waals surface area contributed by atoms with E-state index in [0.29, 0.717) is 0 Å². The number of fused-ring (bicyclic) bond motifs is 1.